The Kier molecular flexibility index (Phi) is 9.98. The summed E-state index contributed by atoms with van der Waals surface area (Å²) in [6, 6.07) is 6.47. The molecule has 0 radical (unpaired) electrons. The van der Waals surface area contributed by atoms with Gasteiger partial charge in [-0.25, -0.2) is 9.59 Å². The number of aliphatic hydroxyl groups is 2. The molecule has 0 aliphatic rings. The molecule has 2 atom stereocenters. The molecule has 0 saturated heterocycles. The number of hydrogen-bond donors (Lipinski definition) is 2. The molecule has 0 aliphatic carbocycles. The van der Waals surface area contributed by atoms with Gasteiger partial charge in [-0.3, -0.25) is 0 Å². The van der Waals surface area contributed by atoms with Crippen LogP contribution >= 0.6 is 0 Å². The predicted molar refractivity (Wildman–Crippen MR) is 116 cm³/mol. The fourth-order valence-corrected chi connectivity index (χ4v) is 3.56. The number of hydrogen-bond acceptors (Lipinski definition) is 6. The van der Waals surface area contributed by atoms with Crippen LogP contribution in [0.2, 0.25) is 0 Å². The average Bonchev–Trinajstić information content (AvgIpc) is 2.69. The third kappa shape index (κ3) is 8.84. The van der Waals surface area contributed by atoms with Gasteiger partial charge in [0.25, 0.3) is 0 Å². The fraction of sp³-hybridized carbons (Fsp3) is 0.667. The summed E-state index contributed by atoms with van der Waals surface area (Å²) in [7, 11) is 0. The second-order valence-electron chi connectivity index (χ2n) is 10.0. The van der Waals surface area contributed by atoms with Crippen molar-refractivity contribution in [2.24, 2.45) is 22.7 Å². The minimum absolute atomic E-state index is 0.0634. The lowest BCUT2D eigenvalue weighted by Gasteiger charge is -2.25. The molecule has 1 aromatic rings. The quantitative estimate of drug-likeness (QED) is 0.493. The van der Waals surface area contributed by atoms with Gasteiger partial charge in [0.2, 0.25) is 0 Å². The molecule has 0 spiro atoms. The summed E-state index contributed by atoms with van der Waals surface area (Å²) >= 11 is 0. The molecule has 0 fully saturated rings. The zero-order chi connectivity index (χ0) is 22.9. The summed E-state index contributed by atoms with van der Waals surface area (Å²) in [5.74, 6) is -0.979. The molecular formula is C24H38O6. The van der Waals surface area contributed by atoms with E-state index >= 15 is 0 Å². The molecule has 30 heavy (non-hydrogen) atoms. The maximum Gasteiger partial charge on any atom is 0.339 e. The van der Waals surface area contributed by atoms with Crippen LogP contribution in [0.3, 0.4) is 0 Å². The van der Waals surface area contributed by atoms with Crippen molar-refractivity contribution >= 4 is 11.9 Å². The van der Waals surface area contributed by atoms with E-state index in [2.05, 4.69) is 0 Å². The molecule has 0 aromatic heterocycles. The molecule has 0 amide bonds. The maximum absolute atomic E-state index is 12.6. The van der Waals surface area contributed by atoms with Crippen molar-refractivity contribution < 1.29 is 29.3 Å². The Bertz CT molecular complexity index is 636. The summed E-state index contributed by atoms with van der Waals surface area (Å²) < 4.78 is 10.8. The van der Waals surface area contributed by atoms with Crippen LogP contribution in [-0.2, 0) is 9.47 Å². The molecule has 0 saturated carbocycles. The summed E-state index contributed by atoms with van der Waals surface area (Å²) in [6.07, 6.45) is 1.42. The Hall–Kier alpha value is -1.92. The van der Waals surface area contributed by atoms with E-state index in [4.69, 9.17) is 9.47 Å². The Morgan fingerprint density at radius 2 is 1.13 bits per heavy atom. The smallest absolute Gasteiger partial charge is 0.339 e. The fourth-order valence-electron chi connectivity index (χ4n) is 3.56. The molecule has 170 valence electrons. The van der Waals surface area contributed by atoms with Gasteiger partial charge in [0.05, 0.1) is 24.3 Å². The van der Waals surface area contributed by atoms with Crippen molar-refractivity contribution in [1.29, 1.82) is 0 Å². The van der Waals surface area contributed by atoms with Crippen LogP contribution in [-0.4, -0.2) is 48.6 Å². The lowest BCUT2D eigenvalue weighted by molar-refractivity contribution is 0.0346. The molecule has 6 heteroatoms. The van der Waals surface area contributed by atoms with E-state index in [1.807, 2.05) is 41.5 Å². The molecule has 1 rings (SSSR count). The molecule has 2 N–H and O–H groups in total. The van der Waals surface area contributed by atoms with Crippen LogP contribution in [0.5, 0.6) is 0 Å². The van der Waals surface area contributed by atoms with E-state index < -0.39 is 11.9 Å². The number of rotatable bonds is 12. The van der Waals surface area contributed by atoms with E-state index in [9.17, 15) is 19.8 Å². The third-order valence-electron chi connectivity index (χ3n) is 5.02. The van der Waals surface area contributed by atoms with Crippen LogP contribution in [0.1, 0.15) is 75.1 Å². The first kappa shape index (κ1) is 26.1. The third-order valence-corrected chi connectivity index (χ3v) is 5.02. The van der Waals surface area contributed by atoms with Crippen LogP contribution in [0, 0.1) is 22.7 Å². The molecule has 0 aliphatic heterocycles. The van der Waals surface area contributed by atoms with Gasteiger partial charge in [0.15, 0.2) is 0 Å². The summed E-state index contributed by atoms with van der Waals surface area (Å²) in [6.45, 7) is 12.3. The average molecular weight is 423 g/mol. The molecule has 2 unspecified atom stereocenters. The highest BCUT2D eigenvalue weighted by Gasteiger charge is 2.24. The van der Waals surface area contributed by atoms with Crippen LogP contribution in [0.25, 0.3) is 0 Å². The van der Waals surface area contributed by atoms with E-state index in [0.29, 0.717) is 12.8 Å². The Morgan fingerprint density at radius 3 is 1.43 bits per heavy atom. The van der Waals surface area contributed by atoms with E-state index in [1.165, 1.54) is 0 Å². The molecule has 1 aromatic carbocycles. The van der Waals surface area contributed by atoms with Crippen LogP contribution < -0.4 is 0 Å². The van der Waals surface area contributed by atoms with Crippen LogP contribution in [0.15, 0.2) is 24.3 Å². The molecule has 0 heterocycles. The highest BCUT2D eigenvalue weighted by Crippen LogP contribution is 2.26. The minimum atomic E-state index is -0.564. The number of benzene rings is 1. The normalized spacial score (nSPS) is 14.1. The van der Waals surface area contributed by atoms with Crippen molar-refractivity contribution in [1.82, 2.24) is 0 Å². The predicted octanol–water partition coefficient (Wildman–Crippen LogP) is 4.09. The molecule has 0 bridgehead atoms. The van der Waals surface area contributed by atoms with Gasteiger partial charge >= 0.3 is 11.9 Å². The summed E-state index contributed by atoms with van der Waals surface area (Å²) in [5.41, 5.74) is -0.122. The Balaban J connectivity index is 2.70. The second kappa shape index (κ2) is 11.5. The Morgan fingerprint density at radius 1 is 0.800 bits per heavy atom. The molecule has 6 nitrogen and oxygen atoms in total. The van der Waals surface area contributed by atoms with Gasteiger partial charge in [0, 0.05) is 13.2 Å². The van der Waals surface area contributed by atoms with E-state index in [-0.39, 0.29) is 60.2 Å². The highest BCUT2D eigenvalue weighted by molar-refractivity contribution is 6.03. The first-order valence-electron chi connectivity index (χ1n) is 10.6. The van der Waals surface area contributed by atoms with Gasteiger partial charge < -0.3 is 19.7 Å². The van der Waals surface area contributed by atoms with Crippen molar-refractivity contribution in [2.75, 3.05) is 26.4 Å². The number of aliphatic hydroxyl groups excluding tert-OH is 2. The van der Waals surface area contributed by atoms with Crippen LogP contribution in [0.4, 0.5) is 0 Å². The largest absolute Gasteiger partial charge is 0.462 e. The van der Waals surface area contributed by atoms with Gasteiger partial charge in [-0.15, -0.1) is 0 Å². The number of carbonyl (C=O) groups is 2. The van der Waals surface area contributed by atoms with E-state index in [0.717, 1.165) is 0 Å². The maximum atomic E-state index is 12.6. The van der Waals surface area contributed by atoms with Crippen molar-refractivity contribution in [3.63, 3.8) is 0 Å². The monoisotopic (exact) mass is 422 g/mol. The topological polar surface area (TPSA) is 93.1 Å². The first-order chi connectivity index (χ1) is 13.9. The van der Waals surface area contributed by atoms with Gasteiger partial charge in [-0.1, -0.05) is 53.7 Å². The summed E-state index contributed by atoms with van der Waals surface area (Å²) in [4.78, 5) is 25.1. The van der Waals surface area contributed by atoms with Gasteiger partial charge in [-0.2, -0.15) is 0 Å². The van der Waals surface area contributed by atoms with Gasteiger partial charge in [-0.05, 0) is 47.6 Å². The molecular weight excluding hydrogens is 384 g/mol. The number of ether oxygens (including phenoxy) is 2. The zero-order valence-electron chi connectivity index (χ0n) is 19.2. The standard InChI is InChI=1S/C24H38O6/c1-17(11-23(3,4)15-25)13-29-21(27)19-9-7-8-10-20(19)22(28)30-14-18(2)12-24(5,6)16-26/h7-10,17-18,25-26H,11-16H2,1-6H3. The van der Waals surface area contributed by atoms with Crippen molar-refractivity contribution in [2.45, 2.75) is 54.4 Å². The van der Waals surface area contributed by atoms with Crippen molar-refractivity contribution in [3.05, 3.63) is 35.4 Å². The first-order valence-corrected chi connectivity index (χ1v) is 10.6. The van der Waals surface area contributed by atoms with Crippen molar-refractivity contribution in [3.8, 4) is 0 Å². The van der Waals surface area contributed by atoms with Gasteiger partial charge in [0.1, 0.15) is 0 Å². The second-order valence-corrected chi connectivity index (χ2v) is 10.0. The lowest BCUT2D eigenvalue weighted by atomic mass is 9.84. The highest BCUT2D eigenvalue weighted by atomic mass is 16.5. The lowest BCUT2D eigenvalue weighted by Crippen LogP contribution is -2.24. The number of carbonyl (C=O) groups excluding carboxylic acids is 2. The minimum Gasteiger partial charge on any atom is -0.462 e. The zero-order valence-corrected chi connectivity index (χ0v) is 19.2. The number of esters is 2. The summed E-state index contributed by atoms with van der Waals surface area (Å²) in [5, 5.41) is 18.8. The SMILES string of the molecule is CC(COC(=O)c1ccccc1C(=O)OCC(C)CC(C)(C)CO)CC(C)(C)CO. The van der Waals surface area contributed by atoms with E-state index in [1.54, 1.807) is 24.3 Å². The Labute approximate surface area is 180 Å².